The Morgan fingerprint density at radius 2 is 2.04 bits per heavy atom. The van der Waals surface area contributed by atoms with Crippen LogP contribution in [-0.2, 0) is 17.6 Å². The van der Waals surface area contributed by atoms with Crippen LogP contribution in [0.15, 0.2) is 51.6 Å². The number of hydrogen-bond donors (Lipinski definition) is 1. The van der Waals surface area contributed by atoms with Gasteiger partial charge in [0.05, 0.1) is 12.7 Å². The molecule has 3 rings (SSSR count). The molecule has 0 saturated carbocycles. The molecule has 0 bridgehead atoms. The molecule has 118 valence electrons. The van der Waals surface area contributed by atoms with Crippen molar-refractivity contribution >= 4 is 5.91 Å². The number of carbonyl (C=O) groups excluding carboxylic acids is 1. The maximum absolute atomic E-state index is 12.8. The number of carbonyl (C=O) groups is 1. The van der Waals surface area contributed by atoms with Crippen molar-refractivity contribution in [3.63, 3.8) is 0 Å². The Morgan fingerprint density at radius 1 is 1.22 bits per heavy atom. The Hall–Kier alpha value is -2.96. The van der Waals surface area contributed by atoms with E-state index in [0.29, 0.717) is 30.4 Å². The molecule has 1 amide bonds. The zero-order valence-electron chi connectivity index (χ0n) is 12.2. The highest BCUT2D eigenvalue weighted by Gasteiger charge is 2.11. The second kappa shape index (κ2) is 6.87. The molecule has 0 aliphatic rings. The second-order valence-corrected chi connectivity index (χ2v) is 4.89. The predicted octanol–water partition coefficient (Wildman–Crippen LogP) is 2.37. The van der Waals surface area contributed by atoms with Gasteiger partial charge in [-0.3, -0.25) is 4.79 Å². The molecule has 23 heavy (non-hydrogen) atoms. The van der Waals surface area contributed by atoms with Crippen molar-refractivity contribution in [2.75, 3.05) is 6.54 Å². The lowest BCUT2D eigenvalue weighted by molar-refractivity contribution is -0.120. The van der Waals surface area contributed by atoms with Gasteiger partial charge in [-0.2, -0.15) is 4.98 Å². The van der Waals surface area contributed by atoms with Gasteiger partial charge in [0.25, 0.3) is 0 Å². The first kappa shape index (κ1) is 15.0. The van der Waals surface area contributed by atoms with Crippen molar-refractivity contribution in [2.45, 2.75) is 12.8 Å². The summed E-state index contributed by atoms with van der Waals surface area (Å²) in [5.74, 6) is 0.849. The van der Waals surface area contributed by atoms with Crippen molar-refractivity contribution in [1.29, 1.82) is 0 Å². The summed E-state index contributed by atoms with van der Waals surface area (Å²) in [6.07, 6.45) is 2.14. The van der Waals surface area contributed by atoms with Gasteiger partial charge in [-0.05, 0) is 29.8 Å². The van der Waals surface area contributed by atoms with Crippen molar-refractivity contribution < 1.29 is 18.1 Å². The number of rotatable bonds is 6. The molecule has 7 heteroatoms. The predicted molar refractivity (Wildman–Crippen MR) is 78.8 cm³/mol. The Labute approximate surface area is 131 Å². The first-order valence-electron chi connectivity index (χ1n) is 7.08. The van der Waals surface area contributed by atoms with E-state index < -0.39 is 0 Å². The summed E-state index contributed by atoms with van der Waals surface area (Å²) < 4.78 is 23.0. The van der Waals surface area contributed by atoms with Crippen LogP contribution in [0, 0.1) is 5.82 Å². The van der Waals surface area contributed by atoms with Crippen LogP contribution in [0.2, 0.25) is 0 Å². The van der Waals surface area contributed by atoms with Crippen molar-refractivity contribution in [1.82, 2.24) is 15.5 Å². The molecule has 1 N–H and O–H groups in total. The lowest BCUT2D eigenvalue weighted by Crippen LogP contribution is -2.27. The average molecular weight is 315 g/mol. The van der Waals surface area contributed by atoms with Gasteiger partial charge in [-0.1, -0.05) is 17.3 Å². The maximum atomic E-state index is 12.8. The summed E-state index contributed by atoms with van der Waals surface area (Å²) >= 11 is 0. The Kier molecular flexibility index (Phi) is 4.46. The van der Waals surface area contributed by atoms with Gasteiger partial charge in [0, 0.05) is 13.0 Å². The number of aromatic nitrogens is 2. The van der Waals surface area contributed by atoms with Crippen LogP contribution >= 0.6 is 0 Å². The third-order valence-corrected chi connectivity index (χ3v) is 3.15. The molecule has 6 nitrogen and oxygen atoms in total. The van der Waals surface area contributed by atoms with E-state index >= 15 is 0 Å². The summed E-state index contributed by atoms with van der Waals surface area (Å²) in [7, 11) is 0. The van der Waals surface area contributed by atoms with Gasteiger partial charge in [0.1, 0.15) is 5.82 Å². The quantitative estimate of drug-likeness (QED) is 0.755. The molecule has 0 aliphatic carbocycles. The van der Waals surface area contributed by atoms with Crippen molar-refractivity contribution in [3.8, 4) is 11.6 Å². The molecule has 0 unspecified atom stereocenters. The molecule has 0 saturated heterocycles. The molecule has 2 heterocycles. The van der Waals surface area contributed by atoms with E-state index in [1.165, 1.54) is 18.4 Å². The number of amides is 1. The summed E-state index contributed by atoms with van der Waals surface area (Å²) in [4.78, 5) is 16.0. The van der Waals surface area contributed by atoms with E-state index in [1.54, 1.807) is 24.3 Å². The molecule has 0 spiro atoms. The van der Waals surface area contributed by atoms with E-state index in [0.717, 1.165) is 5.56 Å². The number of benzene rings is 1. The number of hydrogen-bond acceptors (Lipinski definition) is 5. The molecular weight excluding hydrogens is 301 g/mol. The highest BCUT2D eigenvalue weighted by molar-refractivity contribution is 5.78. The van der Waals surface area contributed by atoms with E-state index in [9.17, 15) is 9.18 Å². The molecule has 2 aromatic heterocycles. The van der Waals surface area contributed by atoms with Gasteiger partial charge in [-0.15, -0.1) is 0 Å². The Balaban J connectivity index is 1.46. The van der Waals surface area contributed by atoms with Crippen molar-refractivity contribution in [3.05, 3.63) is 59.9 Å². The Morgan fingerprint density at radius 3 is 2.78 bits per heavy atom. The van der Waals surface area contributed by atoms with Crippen LogP contribution in [0.3, 0.4) is 0 Å². The monoisotopic (exact) mass is 315 g/mol. The SMILES string of the molecule is O=C(Cc1ccc(F)cc1)NCCc1nc(-c2ccco2)no1. The van der Waals surface area contributed by atoms with Crippen LogP contribution in [0.4, 0.5) is 4.39 Å². The molecule has 0 radical (unpaired) electrons. The van der Waals surface area contributed by atoms with Gasteiger partial charge < -0.3 is 14.3 Å². The lowest BCUT2D eigenvalue weighted by Gasteiger charge is -2.03. The summed E-state index contributed by atoms with van der Waals surface area (Å²) in [5.41, 5.74) is 0.752. The van der Waals surface area contributed by atoms with E-state index in [4.69, 9.17) is 8.94 Å². The minimum atomic E-state index is -0.321. The largest absolute Gasteiger partial charge is 0.461 e. The van der Waals surface area contributed by atoms with Crippen LogP contribution in [0.1, 0.15) is 11.5 Å². The summed E-state index contributed by atoms with van der Waals surface area (Å²) in [5, 5.41) is 6.56. The fourth-order valence-electron chi connectivity index (χ4n) is 2.02. The maximum Gasteiger partial charge on any atom is 0.238 e. The molecule has 3 aromatic rings. The van der Waals surface area contributed by atoms with E-state index in [1.807, 2.05) is 0 Å². The number of nitrogens with zero attached hydrogens (tertiary/aromatic N) is 2. The number of nitrogens with one attached hydrogen (secondary N) is 1. The lowest BCUT2D eigenvalue weighted by atomic mass is 10.1. The van der Waals surface area contributed by atoms with Crippen LogP contribution in [0.25, 0.3) is 11.6 Å². The molecule has 0 aliphatic heterocycles. The second-order valence-electron chi connectivity index (χ2n) is 4.89. The third-order valence-electron chi connectivity index (χ3n) is 3.15. The van der Waals surface area contributed by atoms with Crippen molar-refractivity contribution in [2.24, 2.45) is 0 Å². The minimum Gasteiger partial charge on any atom is -0.461 e. The van der Waals surface area contributed by atoms with E-state index in [-0.39, 0.29) is 18.1 Å². The van der Waals surface area contributed by atoms with Crippen LogP contribution in [-0.4, -0.2) is 22.6 Å². The topological polar surface area (TPSA) is 81.2 Å². The first-order chi connectivity index (χ1) is 11.2. The van der Waals surface area contributed by atoms with Crippen LogP contribution < -0.4 is 5.32 Å². The zero-order chi connectivity index (χ0) is 16.1. The third kappa shape index (κ3) is 4.03. The van der Waals surface area contributed by atoms with Crippen LogP contribution in [0.5, 0.6) is 0 Å². The highest BCUT2D eigenvalue weighted by atomic mass is 19.1. The number of halogens is 1. The minimum absolute atomic E-state index is 0.151. The Bertz CT molecular complexity index is 766. The molecule has 1 aromatic carbocycles. The molecular formula is C16H14FN3O3. The fraction of sp³-hybridized carbons (Fsp3) is 0.188. The van der Waals surface area contributed by atoms with Gasteiger partial charge >= 0.3 is 0 Å². The molecule has 0 atom stereocenters. The summed E-state index contributed by atoms with van der Waals surface area (Å²) in [6, 6.07) is 9.31. The fourth-order valence-corrected chi connectivity index (χ4v) is 2.02. The average Bonchev–Trinajstić information content (AvgIpc) is 3.20. The molecule has 0 fully saturated rings. The van der Waals surface area contributed by atoms with Gasteiger partial charge in [-0.25, -0.2) is 4.39 Å². The normalized spacial score (nSPS) is 10.7. The zero-order valence-corrected chi connectivity index (χ0v) is 12.2. The standard InChI is InChI=1S/C16H14FN3O3/c17-12-5-3-11(4-6-12)10-14(21)18-8-7-15-19-16(20-23-15)13-2-1-9-22-13/h1-6,9H,7-8,10H2,(H,18,21). The summed E-state index contributed by atoms with van der Waals surface area (Å²) in [6.45, 7) is 0.375. The highest BCUT2D eigenvalue weighted by Crippen LogP contribution is 2.15. The van der Waals surface area contributed by atoms with Gasteiger partial charge in [0.2, 0.25) is 17.6 Å². The first-order valence-corrected chi connectivity index (χ1v) is 7.08. The smallest absolute Gasteiger partial charge is 0.238 e. The van der Waals surface area contributed by atoms with E-state index in [2.05, 4.69) is 15.5 Å². The number of furan rings is 1. The van der Waals surface area contributed by atoms with Gasteiger partial charge in [0.15, 0.2) is 5.76 Å².